The highest BCUT2D eigenvalue weighted by molar-refractivity contribution is 7.22. The van der Waals surface area contributed by atoms with Crippen molar-refractivity contribution in [2.45, 2.75) is 13.3 Å². The molecule has 0 aliphatic carbocycles. The Morgan fingerprint density at radius 1 is 1.32 bits per heavy atom. The number of nitrogens with zero attached hydrogens (tertiary/aromatic N) is 2. The third-order valence-electron chi connectivity index (χ3n) is 3.18. The van der Waals surface area contributed by atoms with Crippen molar-refractivity contribution in [1.82, 2.24) is 4.98 Å². The van der Waals surface area contributed by atoms with Gasteiger partial charge in [0, 0.05) is 5.56 Å². The minimum absolute atomic E-state index is 0.00750. The van der Waals surface area contributed by atoms with Gasteiger partial charge in [-0.2, -0.15) is 5.10 Å². The number of fused-ring (bicyclic) bond motifs is 1. The fraction of sp³-hybridized carbons (Fsp3) is 0.125. The summed E-state index contributed by atoms with van der Waals surface area (Å²) in [5.74, 6) is -0.401. The van der Waals surface area contributed by atoms with Gasteiger partial charge in [-0.25, -0.2) is 9.37 Å². The summed E-state index contributed by atoms with van der Waals surface area (Å²) < 4.78 is 14.4. The van der Waals surface area contributed by atoms with Gasteiger partial charge in [-0.3, -0.25) is 5.43 Å². The van der Waals surface area contributed by atoms with Crippen molar-refractivity contribution in [2.75, 3.05) is 5.43 Å². The van der Waals surface area contributed by atoms with Crippen molar-refractivity contribution in [3.8, 4) is 5.75 Å². The molecular weight excluding hydrogens is 301 g/mol. The van der Waals surface area contributed by atoms with Crippen LogP contribution in [0.25, 0.3) is 10.2 Å². The zero-order chi connectivity index (χ0) is 15.5. The molecule has 0 fully saturated rings. The number of phenols is 1. The van der Waals surface area contributed by atoms with E-state index in [0.717, 1.165) is 10.2 Å². The van der Waals surface area contributed by atoms with Gasteiger partial charge in [0.1, 0.15) is 11.6 Å². The summed E-state index contributed by atoms with van der Waals surface area (Å²) >= 11 is 1.49. The Morgan fingerprint density at radius 3 is 2.91 bits per heavy atom. The van der Waals surface area contributed by atoms with Crippen LogP contribution in [0, 0.1) is 5.82 Å². The monoisotopic (exact) mass is 315 g/mol. The molecule has 0 radical (unpaired) electrons. The molecule has 112 valence electrons. The van der Waals surface area contributed by atoms with E-state index in [9.17, 15) is 9.50 Å². The normalized spacial score (nSPS) is 11.8. The van der Waals surface area contributed by atoms with Crippen LogP contribution in [0.1, 0.15) is 18.9 Å². The number of halogens is 1. The largest absolute Gasteiger partial charge is 0.507 e. The number of anilines is 1. The minimum Gasteiger partial charge on any atom is -0.507 e. The van der Waals surface area contributed by atoms with Crippen LogP contribution in [-0.2, 0) is 0 Å². The third-order valence-corrected chi connectivity index (χ3v) is 4.13. The predicted octanol–water partition coefficient (Wildman–Crippen LogP) is 4.37. The SMILES string of the molecule is CC/C(=N\Nc1nc2ccccc2s1)c1cc(F)ccc1O. The second-order valence-electron chi connectivity index (χ2n) is 4.67. The van der Waals surface area contributed by atoms with Crippen LogP contribution in [0.3, 0.4) is 0 Å². The van der Waals surface area contributed by atoms with E-state index in [1.807, 2.05) is 31.2 Å². The van der Waals surface area contributed by atoms with E-state index in [4.69, 9.17) is 0 Å². The lowest BCUT2D eigenvalue weighted by atomic mass is 10.1. The maximum absolute atomic E-state index is 13.3. The highest BCUT2D eigenvalue weighted by Crippen LogP contribution is 2.26. The number of nitrogens with one attached hydrogen (secondary N) is 1. The molecule has 4 nitrogen and oxygen atoms in total. The number of hydrazone groups is 1. The first kappa shape index (κ1) is 14.5. The molecular formula is C16H14FN3OS. The average molecular weight is 315 g/mol. The van der Waals surface area contributed by atoms with Gasteiger partial charge in [0.25, 0.3) is 0 Å². The van der Waals surface area contributed by atoms with Crippen LogP contribution in [-0.4, -0.2) is 15.8 Å². The number of phenolic OH excluding ortho intramolecular Hbond substituents is 1. The molecule has 0 saturated heterocycles. The van der Waals surface area contributed by atoms with Crippen molar-refractivity contribution in [3.05, 3.63) is 53.8 Å². The summed E-state index contributed by atoms with van der Waals surface area (Å²) in [5.41, 5.74) is 4.74. The Hall–Kier alpha value is -2.47. The van der Waals surface area contributed by atoms with E-state index in [2.05, 4.69) is 15.5 Å². The molecule has 3 rings (SSSR count). The molecule has 0 aliphatic rings. The van der Waals surface area contributed by atoms with Crippen LogP contribution in [0.5, 0.6) is 5.75 Å². The fourth-order valence-electron chi connectivity index (χ4n) is 2.10. The summed E-state index contributed by atoms with van der Waals surface area (Å²) in [6.45, 7) is 1.89. The number of aromatic nitrogens is 1. The van der Waals surface area contributed by atoms with Crippen LogP contribution in [0.2, 0.25) is 0 Å². The van der Waals surface area contributed by atoms with Crippen LogP contribution >= 0.6 is 11.3 Å². The number of aromatic hydroxyl groups is 1. The molecule has 0 aliphatic heterocycles. The molecule has 2 N–H and O–H groups in total. The van der Waals surface area contributed by atoms with Gasteiger partial charge >= 0.3 is 0 Å². The first-order valence-corrected chi connectivity index (χ1v) is 7.66. The van der Waals surface area contributed by atoms with Gasteiger partial charge in [-0.05, 0) is 36.8 Å². The first-order valence-electron chi connectivity index (χ1n) is 6.84. The van der Waals surface area contributed by atoms with Gasteiger partial charge in [0.15, 0.2) is 0 Å². The van der Waals surface area contributed by atoms with Crippen molar-refractivity contribution in [2.24, 2.45) is 5.10 Å². The van der Waals surface area contributed by atoms with Crippen LogP contribution in [0.4, 0.5) is 9.52 Å². The number of thiazole rings is 1. The Balaban J connectivity index is 1.90. The average Bonchev–Trinajstić information content (AvgIpc) is 2.94. The smallest absolute Gasteiger partial charge is 0.204 e. The second kappa shape index (κ2) is 6.11. The summed E-state index contributed by atoms with van der Waals surface area (Å²) in [4.78, 5) is 4.42. The highest BCUT2D eigenvalue weighted by atomic mass is 32.1. The molecule has 1 aromatic heterocycles. The lowest BCUT2D eigenvalue weighted by molar-refractivity contribution is 0.471. The molecule has 0 saturated carbocycles. The van der Waals surface area contributed by atoms with Crippen molar-refractivity contribution in [3.63, 3.8) is 0 Å². The molecule has 0 amide bonds. The zero-order valence-corrected chi connectivity index (χ0v) is 12.7. The van der Waals surface area contributed by atoms with Crippen molar-refractivity contribution >= 4 is 32.4 Å². The summed E-state index contributed by atoms with van der Waals surface area (Å²) in [6, 6.07) is 11.6. The van der Waals surface area contributed by atoms with E-state index in [1.54, 1.807) is 0 Å². The summed E-state index contributed by atoms with van der Waals surface area (Å²) in [5, 5.41) is 14.8. The van der Waals surface area contributed by atoms with E-state index in [0.29, 0.717) is 22.8 Å². The van der Waals surface area contributed by atoms with Gasteiger partial charge in [-0.15, -0.1) is 0 Å². The minimum atomic E-state index is -0.408. The molecule has 1 heterocycles. The molecule has 0 bridgehead atoms. The van der Waals surface area contributed by atoms with E-state index in [1.165, 1.54) is 29.5 Å². The molecule has 22 heavy (non-hydrogen) atoms. The maximum atomic E-state index is 13.3. The molecule has 0 spiro atoms. The Bertz CT molecular complexity index is 811. The molecule has 3 aromatic rings. The van der Waals surface area contributed by atoms with E-state index in [-0.39, 0.29) is 5.75 Å². The standard InChI is InChI=1S/C16H14FN3OS/c1-2-12(11-9-10(17)7-8-14(11)21)19-20-16-18-13-5-3-4-6-15(13)22-16/h3-9,21H,2H2,1H3,(H,18,20)/b19-12+. The maximum Gasteiger partial charge on any atom is 0.204 e. The fourth-order valence-corrected chi connectivity index (χ4v) is 2.91. The first-order chi connectivity index (χ1) is 10.7. The summed E-state index contributed by atoms with van der Waals surface area (Å²) in [6.07, 6.45) is 0.551. The van der Waals surface area contributed by atoms with Gasteiger partial charge < -0.3 is 5.11 Å². The van der Waals surface area contributed by atoms with Crippen LogP contribution < -0.4 is 5.43 Å². The molecule has 0 atom stereocenters. The Morgan fingerprint density at radius 2 is 2.14 bits per heavy atom. The lowest BCUT2D eigenvalue weighted by Gasteiger charge is -2.06. The summed E-state index contributed by atoms with van der Waals surface area (Å²) in [7, 11) is 0. The van der Waals surface area contributed by atoms with Crippen LogP contribution in [0.15, 0.2) is 47.6 Å². The quantitative estimate of drug-likeness (QED) is 0.555. The van der Waals surface area contributed by atoms with E-state index >= 15 is 0 Å². The zero-order valence-electron chi connectivity index (χ0n) is 11.9. The van der Waals surface area contributed by atoms with Gasteiger partial charge in [0.05, 0.1) is 15.9 Å². The lowest BCUT2D eigenvalue weighted by Crippen LogP contribution is -2.04. The number of hydrogen-bond donors (Lipinski definition) is 2. The topological polar surface area (TPSA) is 57.5 Å². The molecule has 6 heteroatoms. The van der Waals surface area contributed by atoms with Gasteiger partial charge in [0.2, 0.25) is 5.13 Å². The Kier molecular flexibility index (Phi) is 4.02. The number of hydrogen-bond acceptors (Lipinski definition) is 5. The second-order valence-corrected chi connectivity index (χ2v) is 5.70. The third kappa shape index (κ3) is 2.92. The number of benzene rings is 2. The Labute approximate surface area is 131 Å². The highest BCUT2D eigenvalue weighted by Gasteiger charge is 2.09. The predicted molar refractivity (Wildman–Crippen MR) is 88.1 cm³/mol. The molecule has 0 unspecified atom stereocenters. The van der Waals surface area contributed by atoms with Crippen molar-refractivity contribution in [1.29, 1.82) is 0 Å². The van der Waals surface area contributed by atoms with E-state index < -0.39 is 5.82 Å². The number of para-hydroxylation sites is 1. The van der Waals surface area contributed by atoms with Gasteiger partial charge in [-0.1, -0.05) is 30.4 Å². The molecule has 2 aromatic carbocycles. The van der Waals surface area contributed by atoms with Crippen molar-refractivity contribution < 1.29 is 9.50 Å². The number of rotatable bonds is 4.